The van der Waals surface area contributed by atoms with Crippen LogP contribution >= 0.6 is 0 Å². The second kappa shape index (κ2) is 5.04. The van der Waals surface area contributed by atoms with E-state index in [1.54, 1.807) is 0 Å². The minimum atomic E-state index is -0.444. The quantitative estimate of drug-likeness (QED) is 0.820. The average molecular weight is 263 g/mol. The van der Waals surface area contributed by atoms with Crippen molar-refractivity contribution in [3.63, 3.8) is 0 Å². The van der Waals surface area contributed by atoms with Gasteiger partial charge in [0.25, 0.3) is 0 Å². The Kier molecular flexibility index (Phi) is 3.40. The van der Waals surface area contributed by atoms with Crippen LogP contribution in [0.2, 0.25) is 0 Å². The van der Waals surface area contributed by atoms with Gasteiger partial charge in [-0.05, 0) is 50.2 Å². The van der Waals surface area contributed by atoms with Crippen molar-refractivity contribution >= 4 is 0 Å². The van der Waals surface area contributed by atoms with Crippen molar-refractivity contribution in [2.75, 3.05) is 0 Å². The molecule has 4 atom stereocenters. The van der Waals surface area contributed by atoms with Crippen molar-refractivity contribution in [1.82, 2.24) is 5.32 Å². The first-order valence-corrected chi connectivity index (χ1v) is 7.00. The Morgan fingerprint density at radius 1 is 1.32 bits per heavy atom. The normalized spacial score (nSPS) is 29.9. The maximum Gasteiger partial charge on any atom is 0.129 e. The Hall–Kier alpha value is -1.22. The lowest BCUT2D eigenvalue weighted by Crippen LogP contribution is -2.51. The standard InChI is InChI=1S/C16H19F2N/c1-10(8-13-14(17)6-3-7-15(13)18)19-16-9-11-4-2-5-12(11)16/h2-3,5-7,10-12,16,19H,4,8-9H2,1H3. The number of allylic oxidation sites excluding steroid dienone is 1. The molecule has 3 rings (SSSR count). The number of fused-ring (bicyclic) bond motifs is 1. The average Bonchev–Trinajstić information content (AvgIpc) is 2.73. The highest BCUT2D eigenvalue weighted by atomic mass is 19.1. The SMILES string of the molecule is CC(Cc1c(F)cccc1F)NC1CC2CC=CC21. The van der Waals surface area contributed by atoms with Crippen LogP contribution in [0.3, 0.4) is 0 Å². The fraction of sp³-hybridized carbons (Fsp3) is 0.500. The zero-order chi connectivity index (χ0) is 13.4. The summed E-state index contributed by atoms with van der Waals surface area (Å²) < 4.78 is 27.2. The van der Waals surface area contributed by atoms with Gasteiger partial charge < -0.3 is 5.32 Å². The molecule has 2 aliphatic carbocycles. The molecule has 3 heteroatoms. The Balaban J connectivity index is 1.59. The lowest BCUT2D eigenvalue weighted by atomic mass is 9.71. The molecule has 1 aromatic rings. The molecule has 0 heterocycles. The smallest absolute Gasteiger partial charge is 0.129 e. The molecule has 1 saturated carbocycles. The van der Waals surface area contributed by atoms with E-state index in [0.717, 1.165) is 5.92 Å². The molecule has 0 aliphatic heterocycles. The Morgan fingerprint density at radius 3 is 2.74 bits per heavy atom. The van der Waals surface area contributed by atoms with Crippen LogP contribution in [0.25, 0.3) is 0 Å². The number of nitrogens with one attached hydrogen (secondary N) is 1. The second-order valence-corrected chi connectivity index (χ2v) is 5.82. The van der Waals surface area contributed by atoms with Crippen LogP contribution in [0.1, 0.15) is 25.3 Å². The van der Waals surface area contributed by atoms with E-state index in [4.69, 9.17) is 0 Å². The molecular formula is C16H19F2N. The number of benzene rings is 1. The highest BCUT2D eigenvalue weighted by Gasteiger charge is 2.41. The minimum Gasteiger partial charge on any atom is -0.311 e. The number of halogens is 2. The third-order valence-corrected chi connectivity index (χ3v) is 4.43. The predicted octanol–water partition coefficient (Wildman–Crippen LogP) is 3.45. The van der Waals surface area contributed by atoms with Crippen LogP contribution in [0, 0.1) is 23.5 Å². The number of rotatable bonds is 4. The van der Waals surface area contributed by atoms with Crippen molar-refractivity contribution in [2.24, 2.45) is 11.8 Å². The van der Waals surface area contributed by atoms with E-state index in [2.05, 4.69) is 17.5 Å². The predicted molar refractivity (Wildman–Crippen MR) is 71.8 cm³/mol. The number of hydrogen-bond donors (Lipinski definition) is 1. The topological polar surface area (TPSA) is 12.0 Å². The third-order valence-electron chi connectivity index (χ3n) is 4.43. The lowest BCUT2D eigenvalue weighted by Gasteiger charge is -2.42. The van der Waals surface area contributed by atoms with Gasteiger partial charge in [-0.2, -0.15) is 0 Å². The van der Waals surface area contributed by atoms with Gasteiger partial charge in [-0.1, -0.05) is 18.2 Å². The molecule has 1 fully saturated rings. The summed E-state index contributed by atoms with van der Waals surface area (Å²) in [6.07, 6.45) is 7.30. The van der Waals surface area contributed by atoms with E-state index in [1.807, 2.05) is 6.92 Å². The van der Waals surface area contributed by atoms with Crippen LogP contribution in [0.15, 0.2) is 30.4 Å². The first-order valence-electron chi connectivity index (χ1n) is 7.00. The van der Waals surface area contributed by atoms with Crippen molar-refractivity contribution in [1.29, 1.82) is 0 Å². The van der Waals surface area contributed by atoms with E-state index in [1.165, 1.54) is 31.0 Å². The van der Waals surface area contributed by atoms with Gasteiger partial charge in [0.15, 0.2) is 0 Å². The maximum absolute atomic E-state index is 13.6. The fourth-order valence-electron chi connectivity index (χ4n) is 3.37. The first kappa shape index (κ1) is 12.8. The molecular weight excluding hydrogens is 244 g/mol. The van der Waals surface area contributed by atoms with E-state index in [9.17, 15) is 8.78 Å². The number of hydrogen-bond acceptors (Lipinski definition) is 1. The zero-order valence-electron chi connectivity index (χ0n) is 11.1. The molecule has 19 heavy (non-hydrogen) atoms. The summed E-state index contributed by atoms with van der Waals surface area (Å²) in [5, 5.41) is 3.51. The zero-order valence-corrected chi connectivity index (χ0v) is 11.1. The van der Waals surface area contributed by atoms with Crippen molar-refractivity contribution in [3.05, 3.63) is 47.5 Å². The Labute approximate surface area is 112 Å². The summed E-state index contributed by atoms with van der Waals surface area (Å²) in [4.78, 5) is 0. The molecule has 0 aromatic heterocycles. The summed E-state index contributed by atoms with van der Waals surface area (Å²) in [5.74, 6) is 0.546. The summed E-state index contributed by atoms with van der Waals surface area (Å²) in [5.41, 5.74) is 0.195. The molecule has 0 radical (unpaired) electrons. The summed E-state index contributed by atoms with van der Waals surface area (Å²) >= 11 is 0. The van der Waals surface area contributed by atoms with Gasteiger partial charge in [-0.15, -0.1) is 0 Å². The molecule has 1 nitrogen and oxygen atoms in total. The summed E-state index contributed by atoms with van der Waals surface area (Å²) in [6, 6.07) is 4.63. The van der Waals surface area contributed by atoms with Crippen LogP contribution in [0.4, 0.5) is 8.78 Å². The van der Waals surface area contributed by atoms with Gasteiger partial charge >= 0.3 is 0 Å². The molecule has 4 unspecified atom stereocenters. The molecule has 2 aliphatic rings. The van der Waals surface area contributed by atoms with Gasteiger partial charge in [0, 0.05) is 17.6 Å². The molecule has 0 bridgehead atoms. The van der Waals surface area contributed by atoms with Crippen molar-refractivity contribution in [3.8, 4) is 0 Å². The van der Waals surface area contributed by atoms with Gasteiger partial charge in [0.2, 0.25) is 0 Å². The van der Waals surface area contributed by atoms with E-state index < -0.39 is 11.6 Å². The Bertz CT molecular complexity index is 477. The van der Waals surface area contributed by atoms with Gasteiger partial charge in [0.05, 0.1) is 0 Å². The second-order valence-electron chi connectivity index (χ2n) is 5.82. The van der Waals surface area contributed by atoms with Crippen LogP contribution in [-0.4, -0.2) is 12.1 Å². The first-order chi connectivity index (χ1) is 9.15. The molecule has 0 amide bonds. The maximum atomic E-state index is 13.6. The highest BCUT2D eigenvalue weighted by Crippen LogP contribution is 2.42. The van der Waals surface area contributed by atoms with Gasteiger partial charge in [0.1, 0.15) is 11.6 Å². The largest absolute Gasteiger partial charge is 0.311 e. The Morgan fingerprint density at radius 2 is 2.05 bits per heavy atom. The van der Waals surface area contributed by atoms with Crippen LogP contribution < -0.4 is 5.32 Å². The van der Waals surface area contributed by atoms with Gasteiger partial charge in [-0.3, -0.25) is 0 Å². The summed E-state index contributed by atoms with van der Waals surface area (Å²) in [6.45, 7) is 2.00. The molecule has 102 valence electrons. The molecule has 0 saturated heterocycles. The van der Waals surface area contributed by atoms with E-state index >= 15 is 0 Å². The third kappa shape index (κ3) is 2.44. The minimum absolute atomic E-state index is 0.0892. The molecule has 0 spiro atoms. The fourth-order valence-corrected chi connectivity index (χ4v) is 3.37. The van der Waals surface area contributed by atoms with Crippen molar-refractivity contribution in [2.45, 2.75) is 38.3 Å². The summed E-state index contributed by atoms with van der Waals surface area (Å²) in [7, 11) is 0. The molecule has 1 N–H and O–H groups in total. The van der Waals surface area contributed by atoms with E-state index in [0.29, 0.717) is 18.4 Å². The van der Waals surface area contributed by atoms with Crippen LogP contribution in [-0.2, 0) is 6.42 Å². The van der Waals surface area contributed by atoms with E-state index in [-0.39, 0.29) is 11.6 Å². The highest BCUT2D eigenvalue weighted by molar-refractivity contribution is 5.21. The monoisotopic (exact) mass is 263 g/mol. The van der Waals surface area contributed by atoms with Gasteiger partial charge in [-0.25, -0.2) is 8.78 Å². The molecule has 1 aromatic carbocycles. The van der Waals surface area contributed by atoms with Crippen LogP contribution in [0.5, 0.6) is 0 Å². The van der Waals surface area contributed by atoms with Crippen molar-refractivity contribution < 1.29 is 8.78 Å². The lowest BCUT2D eigenvalue weighted by molar-refractivity contribution is 0.152.